The fourth-order valence-corrected chi connectivity index (χ4v) is 2.43. The standard InChI is InChI=1S/C18H19N5O/c1-14(2)23(12-15-4-3-6-19-11-15)18(24)16-5-7-21-17(10-16)22-9-8-20-13-22/h3-11,13-14H,12H2,1-2H3. The number of carbonyl (C=O) groups is 1. The van der Waals surface area contributed by atoms with Crippen molar-refractivity contribution in [2.45, 2.75) is 26.4 Å². The van der Waals surface area contributed by atoms with Gasteiger partial charge in [0.15, 0.2) is 0 Å². The van der Waals surface area contributed by atoms with Crippen molar-refractivity contribution in [1.82, 2.24) is 24.4 Å². The van der Waals surface area contributed by atoms with Crippen molar-refractivity contribution in [3.05, 3.63) is 72.7 Å². The first-order valence-corrected chi connectivity index (χ1v) is 7.79. The molecule has 0 atom stereocenters. The summed E-state index contributed by atoms with van der Waals surface area (Å²) in [6.07, 6.45) is 10.3. The zero-order valence-electron chi connectivity index (χ0n) is 13.7. The van der Waals surface area contributed by atoms with E-state index < -0.39 is 0 Å². The molecule has 3 aromatic rings. The highest BCUT2D eigenvalue weighted by atomic mass is 16.2. The molecule has 0 aliphatic carbocycles. The van der Waals surface area contributed by atoms with Crippen LogP contribution in [-0.2, 0) is 6.54 Å². The molecule has 6 nitrogen and oxygen atoms in total. The van der Waals surface area contributed by atoms with Crippen molar-refractivity contribution in [2.75, 3.05) is 0 Å². The molecule has 0 aliphatic heterocycles. The van der Waals surface area contributed by atoms with E-state index in [4.69, 9.17) is 0 Å². The van der Waals surface area contributed by atoms with Gasteiger partial charge >= 0.3 is 0 Å². The number of nitrogens with zero attached hydrogens (tertiary/aromatic N) is 5. The molecule has 0 bridgehead atoms. The van der Waals surface area contributed by atoms with Gasteiger partial charge in [0.25, 0.3) is 5.91 Å². The van der Waals surface area contributed by atoms with E-state index in [1.54, 1.807) is 54.0 Å². The lowest BCUT2D eigenvalue weighted by Crippen LogP contribution is -2.36. The van der Waals surface area contributed by atoms with Crippen LogP contribution < -0.4 is 0 Å². The van der Waals surface area contributed by atoms with Gasteiger partial charge in [-0.25, -0.2) is 9.97 Å². The Morgan fingerprint density at radius 2 is 2.08 bits per heavy atom. The fourth-order valence-electron chi connectivity index (χ4n) is 2.43. The quantitative estimate of drug-likeness (QED) is 0.725. The molecule has 6 heteroatoms. The molecule has 3 heterocycles. The Kier molecular flexibility index (Phi) is 4.65. The summed E-state index contributed by atoms with van der Waals surface area (Å²) >= 11 is 0. The summed E-state index contributed by atoms with van der Waals surface area (Å²) in [5, 5.41) is 0. The number of carbonyl (C=O) groups excluding carboxylic acids is 1. The lowest BCUT2D eigenvalue weighted by molar-refractivity contribution is 0.0690. The lowest BCUT2D eigenvalue weighted by atomic mass is 10.1. The van der Waals surface area contributed by atoms with E-state index in [9.17, 15) is 4.79 Å². The van der Waals surface area contributed by atoms with Crippen LogP contribution in [0.5, 0.6) is 0 Å². The minimum absolute atomic E-state index is 0.0300. The average Bonchev–Trinajstić information content (AvgIpc) is 3.14. The van der Waals surface area contributed by atoms with Crippen molar-refractivity contribution in [1.29, 1.82) is 0 Å². The van der Waals surface area contributed by atoms with E-state index in [0.29, 0.717) is 17.9 Å². The van der Waals surface area contributed by atoms with Crippen molar-refractivity contribution < 1.29 is 4.79 Å². The largest absolute Gasteiger partial charge is 0.332 e. The predicted molar refractivity (Wildman–Crippen MR) is 90.6 cm³/mol. The number of rotatable bonds is 5. The summed E-state index contributed by atoms with van der Waals surface area (Å²) < 4.78 is 1.78. The molecule has 122 valence electrons. The minimum atomic E-state index is -0.0300. The third-order valence-corrected chi connectivity index (χ3v) is 3.72. The Bertz CT molecular complexity index is 799. The second-order valence-electron chi connectivity index (χ2n) is 5.76. The number of amides is 1. The highest BCUT2D eigenvalue weighted by molar-refractivity contribution is 5.94. The van der Waals surface area contributed by atoms with Gasteiger partial charge < -0.3 is 4.90 Å². The highest BCUT2D eigenvalue weighted by Gasteiger charge is 2.20. The molecule has 1 amide bonds. The Morgan fingerprint density at radius 3 is 2.75 bits per heavy atom. The molecule has 3 aromatic heterocycles. The van der Waals surface area contributed by atoms with Gasteiger partial charge in [-0.1, -0.05) is 6.07 Å². The lowest BCUT2D eigenvalue weighted by Gasteiger charge is -2.27. The maximum atomic E-state index is 13.0. The van der Waals surface area contributed by atoms with Crippen LogP contribution in [-0.4, -0.2) is 36.4 Å². The van der Waals surface area contributed by atoms with Crippen molar-refractivity contribution in [3.8, 4) is 5.82 Å². The van der Waals surface area contributed by atoms with Crippen LogP contribution in [0.4, 0.5) is 0 Å². The molecule has 0 fully saturated rings. The van der Waals surface area contributed by atoms with E-state index in [1.807, 2.05) is 30.9 Å². The van der Waals surface area contributed by atoms with E-state index in [-0.39, 0.29) is 11.9 Å². The maximum absolute atomic E-state index is 13.0. The predicted octanol–water partition coefficient (Wildman–Crippen LogP) is 2.71. The first-order valence-electron chi connectivity index (χ1n) is 7.79. The normalized spacial score (nSPS) is 10.8. The van der Waals surface area contributed by atoms with E-state index in [0.717, 1.165) is 5.56 Å². The van der Waals surface area contributed by atoms with Crippen molar-refractivity contribution >= 4 is 5.91 Å². The topological polar surface area (TPSA) is 63.9 Å². The third-order valence-electron chi connectivity index (χ3n) is 3.72. The Morgan fingerprint density at radius 1 is 1.21 bits per heavy atom. The summed E-state index contributed by atoms with van der Waals surface area (Å²) in [6.45, 7) is 4.53. The van der Waals surface area contributed by atoms with Gasteiger partial charge in [-0.2, -0.15) is 0 Å². The molecule has 0 saturated heterocycles. The molecule has 0 unspecified atom stereocenters. The molecule has 0 radical (unpaired) electrons. The van der Waals surface area contributed by atoms with Crippen molar-refractivity contribution in [3.63, 3.8) is 0 Å². The van der Waals surface area contributed by atoms with Gasteiger partial charge in [0, 0.05) is 49.1 Å². The summed E-state index contributed by atoms with van der Waals surface area (Å²) in [5.41, 5.74) is 1.61. The Hall–Kier alpha value is -3.02. The molecule has 0 aliphatic rings. The molecule has 0 saturated carbocycles. The summed E-state index contributed by atoms with van der Waals surface area (Å²) in [7, 11) is 0. The molecular formula is C18H19N5O. The summed E-state index contributed by atoms with van der Waals surface area (Å²) in [5.74, 6) is 0.640. The van der Waals surface area contributed by atoms with Crippen LogP contribution in [0.3, 0.4) is 0 Å². The van der Waals surface area contributed by atoms with Crippen molar-refractivity contribution in [2.24, 2.45) is 0 Å². The third kappa shape index (κ3) is 3.48. The van der Waals surface area contributed by atoms with E-state index in [2.05, 4.69) is 15.0 Å². The molecule has 24 heavy (non-hydrogen) atoms. The molecule has 3 rings (SSSR count). The average molecular weight is 321 g/mol. The first-order chi connectivity index (χ1) is 11.6. The van der Waals surface area contributed by atoms with E-state index in [1.165, 1.54) is 0 Å². The number of pyridine rings is 2. The van der Waals surface area contributed by atoms with Crippen LogP contribution in [0.1, 0.15) is 29.8 Å². The number of hydrogen-bond acceptors (Lipinski definition) is 4. The number of imidazole rings is 1. The zero-order chi connectivity index (χ0) is 16.9. The molecular weight excluding hydrogens is 302 g/mol. The van der Waals surface area contributed by atoms with E-state index >= 15 is 0 Å². The first kappa shape index (κ1) is 15.9. The van der Waals surface area contributed by atoms with Crippen LogP contribution in [0.2, 0.25) is 0 Å². The minimum Gasteiger partial charge on any atom is -0.332 e. The SMILES string of the molecule is CC(C)N(Cc1cccnc1)C(=O)c1ccnc(-n2ccnc2)c1. The number of aromatic nitrogens is 4. The second kappa shape index (κ2) is 7.04. The van der Waals surface area contributed by atoms with Gasteiger partial charge in [0.05, 0.1) is 0 Å². The summed E-state index contributed by atoms with van der Waals surface area (Å²) in [6, 6.07) is 7.44. The zero-order valence-corrected chi connectivity index (χ0v) is 13.7. The fraction of sp³-hybridized carbons (Fsp3) is 0.222. The Balaban J connectivity index is 1.86. The number of hydrogen-bond donors (Lipinski definition) is 0. The van der Waals surface area contributed by atoms with Crippen LogP contribution in [0.15, 0.2) is 61.6 Å². The Labute approximate surface area is 140 Å². The van der Waals surface area contributed by atoms with Crippen LogP contribution in [0, 0.1) is 0 Å². The highest BCUT2D eigenvalue weighted by Crippen LogP contribution is 2.14. The maximum Gasteiger partial charge on any atom is 0.254 e. The smallest absolute Gasteiger partial charge is 0.254 e. The van der Waals surface area contributed by atoms with Gasteiger partial charge in [-0.05, 0) is 37.6 Å². The summed E-state index contributed by atoms with van der Waals surface area (Å²) in [4.78, 5) is 27.2. The van der Waals surface area contributed by atoms with Gasteiger partial charge in [-0.15, -0.1) is 0 Å². The molecule has 0 spiro atoms. The monoisotopic (exact) mass is 321 g/mol. The van der Waals surface area contributed by atoms with Gasteiger partial charge in [-0.3, -0.25) is 14.3 Å². The van der Waals surface area contributed by atoms with Gasteiger partial charge in [0.1, 0.15) is 12.1 Å². The van der Waals surface area contributed by atoms with Crippen LogP contribution >= 0.6 is 0 Å². The molecule has 0 N–H and O–H groups in total. The second-order valence-corrected chi connectivity index (χ2v) is 5.76. The van der Waals surface area contributed by atoms with Crippen LogP contribution in [0.25, 0.3) is 5.82 Å². The van der Waals surface area contributed by atoms with Gasteiger partial charge in [0.2, 0.25) is 0 Å². The molecule has 0 aromatic carbocycles.